The Hall–Kier alpha value is -3.04. The minimum Gasteiger partial charge on any atom is -0.481 e. The van der Waals surface area contributed by atoms with Crippen molar-refractivity contribution in [1.29, 1.82) is 0 Å². The summed E-state index contributed by atoms with van der Waals surface area (Å²) >= 11 is 1.34. The van der Waals surface area contributed by atoms with Crippen LogP contribution in [0.5, 0.6) is 0 Å². The van der Waals surface area contributed by atoms with Crippen LogP contribution in [0.25, 0.3) is 0 Å². The van der Waals surface area contributed by atoms with E-state index < -0.39 is 83.5 Å². The van der Waals surface area contributed by atoms with Crippen LogP contribution in [-0.4, -0.2) is 109 Å². The Morgan fingerprint density at radius 1 is 0.857 bits per heavy atom. The third-order valence-electron chi connectivity index (χ3n) is 6.74. The van der Waals surface area contributed by atoms with Crippen LogP contribution >= 0.6 is 11.8 Å². The van der Waals surface area contributed by atoms with Gasteiger partial charge in [0.2, 0.25) is 17.7 Å². The summed E-state index contributed by atoms with van der Waals surface area (Å²) in [5.74, 6) is -5.64. The van der Waals surface area contributed by atoms with Crippen molar-refractivity contribution in [2.75, 3.05) is 25.6 Å². The molecular formula is C27H44N2O12S. The first-order valence-electron chi connectivity index (χ1n) is 13.5. The van der Waals surface area contributed by atoms with Gasteiger partial charge < -0.3 is 25.2 Å². The minimum atomic E-state index is -1.23. The van der Waals surface area contributed by atoms with E-state index >= 15 is 0 Å². The molecule has 1 saturated heterocycles. The fourth-order valence-electron chi connectivity index (χ4n) is 3.15. The number of hydrogen-bond acceptors (Lipinski definition) is 11. The number of β-amino-alcohol motifs (C(OH)–C–C–N with tert-alkyl or cyclic N) is 1. The molecule has 2 unspecified atom stereocenters. The fourth-order valence-corrected chi connectivity index (χ4v) is 4.21. The third-order valence-corrected chi connectivity index (χ3v) is 8.01. The average Bonchev–Trinajstić information content (AvgIpc) is 3.38. The Balaban J connectivity index is 0.000000803. The van der Waals surface area contributed by atoms with Crippen molar-refractivity contribution in [3.63, 3.8) is 0 Å². The number of rotatable bonds is 15. The number of hydrogen-bond donors (Lipinski definition) is 4. The number of carboxylic acids is 3. The van der Waals surface area contributed by atoms with E-state index in [0.717, 1.165) is 0 Å². The lowest BCUT2D eigenvalue weighted by Crippen LogP contribution is -2.48. The zero-order chi connectivity index (χ0) is 32.8. The van der Waals surface area contributed by atoms with Gasteiger partial charge >= 0.3 is 23.9 Å². The van der Waals surface area contributed by atoms with Gasteiger partial charge in [0.05, 0.1) is 18.3 Å². The summed E-state index contributed by atoms with van der Waals surface area (Å²) in [7, 11) is 0. The monoisotopic (exact) mass is 620 g/mol. The van der Waals surface area contributed by atoms with Crippen molar-refractivity contribution in [3.8, 4) is 0 Å². The number of nitrogens with zero attached hydrogens (tertiary/aromatic N) is 2. The lowest BCUT2D eigenvalue weighted by molar-refractivity contribution is -0.161. The second-order valence-corrected chi connectivity index (χ2v) is 12.3. The summed E-state index contributed by atoms with van der Waals surface area (Å²) in [5, 5.41) is 35.5. The number of thioether (sulfide) groups is 1. The molecule has 0 spiro atoms. The van der Waals surface area contributed by atoms with Gasteiger partial charge in [-0.3, -0.25) is 38.5 Å². The quantitative estimate of drug-likeness (QED) is 0.192. The Bertz CT molecular complexity index is 968. The van der Waals surface area contributed by atoms with Crippen LogP contribution < -0.4 is 0 Å². The topological polar surface area (TPSA) is 216 Å². The van der Waals surface area contributed by atoms with E-state index in [9.17, 15) is 38.7 Å². The van der Waals surface area contributed by atoms with Crippen LogP contribution in [0.2, 0.25) is 0 Å². The Kier molecular flexibility index (Phi) is 16.5. The average molecular weight is 621 g/mol. The number of aliphatic hydroxyl groups is 1. The summed E-state index contributed by atoms with van der Waals surface area (Å²) in [5.41, 5.74) is -1.53. The molecule has 2 atom stereocenters. The molecule has 0 bridgehead atoms. The van der Waals surface area contributed by atoms with Gasteiger partial charge in [0.15, 0.2) is 0 Å². The molecule has 0 aromatic rings. The summed E-state index contributed by atoms with van der Waals surface area (Å²) in [6.07, 6.45) is -1.78. The molecule has 3 amide bonds. The van der Waals surface area contributed by atoms with E-state index in [0.29, 0.717) is 36.7 Å². The lowest BCUT2D eigenvalue weighted by Gasteiger charge is -2.28. The zero-order valence-electron chi connectivity index (χ0n) is 25.1. The zero-order valence-corrected chi connectivity index (χ0v) is 25.9. The van der Waals surface area contributed by atoms with Crippen molar-refractivity contribution in [2.45, 2.75) is 91.4 Å². The van der Waals surface area contributed by atoms with Crippen molar-refractivity contribution in [1.82, 2.24) is 9.80 Å². The highest BCUT2D eigenvalue weighted by Crippen LogP contribution is 2.25. The van der Waals surface area contributed by atoms with Crippen molar-refractivity contribution in [2.24, 2.45) is 10.8 Å². The van der Waals surface area contributed by atoms with Gasteiger partial charge in [0.1, 0.15) is 18.0 Å². The lowest BCUT2D eigenvalue weighted by atomic mass is 9.88. The van der Waals surface area contributed by atoms with Crippen LogP contribution in [0.4, 0.5) is 0 Å². The van der Waals surface area contributed by atoms with E-state index in [-0.39, 0.29) is 12.6 Å². The van der Waals surface area contributed by atoms with Gasteiger partial charge in [-0.2, -0.15) is 0 Å². The van der Waals surface area contributed by atoms with E-state index in [4.69, 9.17) is 20.1 Å². The number of esters is 1. The van der Waals surface area contributed by atoms with Crippen LogP contribution in [0.3, 0.4) is 0 Å². The van der Waals surface area contributed by atoms with Crippen LogP contribution in [0.1, 0.15) is 80.1 Å². The van der Waals surface area contributed by atoms with Gasteiger partial charge in [-0.25, -0.2) is 4.90 Å². The highest BCUT2D eigenvalue weighted by Gasteiger charge is 2.37. The smallest absolute Gasteiger partial charge is 0.317 e. The summed E-state index contributed by atoms with van der Waals surface area (Å²) in [6, 6.07) is 0. The normalized spacial score (nSPS) is 16.0. The van der Waals surface area contributed by atoms with Crippen molar-refractivity contribution in [3.05, 3.63) is 0 Å². The maximum atomic E-state index is 12.4. The predicted octanol–water partition coefficient (Wildman–Crippen LogP) is 1.82. The summed E-state index contributed by atoms with van der Waals surface area (Å²) in [6.45, 7) is 11.0. The molecule has 1 aliphatic heterocycles. The van der Waals surface area contributed by atoms with Gasteiger partial charge in [0.25, 0.3) is 0 Å². The SMILES string of the molecule is CCC(C)(C)C(=O)N(C(=O)CCC(=O)O)C(=O)CCC(=O)O.CCC(C)(C)C(=O)OCC(O)CN1CSC(C(=O)O)C1. The highest BCUT2D eigenvalue weighted by molar-refractivity contribution is 8.00. The van der Waals surface area contributed by atoms with E-state index in [1.165, 1.54) is 11.8 Å². The molecule has 1 rings (SSSR count). The maximum absolute atomic E-state index is 12.4. The molecule has 0 aliphatic carbocycles. The number of carbonyl (C=O) groups excluding carboxylic acids is 4. The first-order chi connectivity index (χ1) is 19.3. The second kappa shape index (κ2) is 17.8. The Labute approximate surface area is 249 Å². The molecule has 240 valence electrons. The Morgan fingerprint density at radius 3 is 1.71 bits per heavy atom. The van der Waals surface area contributed by atoms with Crippen LogP contribution in [-0.2, 0) is 38.3 Å². The molecule has 0 radical (unpaired) electrons. The van der Waals surface area contributed by atoms with Crippen LogP contribution in [0.15, 0.2) is 0 Å². The molecular weight excluding hydrogens is 576 g/mol. The first-order valence-corrected chi connectivity index (χ1v) is 14.6. The largest absolute Gasteiger partial charge is 0.481 e. The standard InChI is InChI=1S/C14H21NO7.C13H23NO5S/c1-4-14(2,3)13(22)15(9(16)5-7-11(18)19)10(17)6-8-12(20)21;1-4-13(2,3)12(18)19-7-9(15)5-14-6-10(11(16)17)20-8-14/h4-8H2,1-3H3,(H,18,19)(H,20,21);9-10,15H,4-8H2,1-3H3,(H,16,17). The van der Waals surface area contributed by atoms with Gasteiger partial charge in [-0.05, 0) is 26.7 Å². The number of aliphatic hydroxyl groups excluding tert-OH is 1. The molecule has 14 nitrogen and oxygen atoms in total. The predicted molar refractivity (Wildman–Crippen MR) is 151 cm³/mol. The van der Waals surface area contributed by atoms with Crippen LogP contribution in [0, 0.1) is 10.8 Å². The van der Waals surface area contributed by atoms with E-state index in [1.807, 2.05) is 11.8 Å². The van der Waals surface area contributed by atoms with Gasteiger partial charge in [-0.15, -0.1) is 11.8 Å². The molecule has 1 heterocycles. The van der Waals surface area contributed by atoms with Crippen molar-refractivity contribution >= 4 is 53.4 Å². The molecule has 1 fully saturated rings. The number of carboxylic acid groups (broad SMARTS) is 3. The number of ether oxygens (including phenoxy) is 1. The molecule has 0 saturated carbocycles. The number of aliphatic carboxylic acids is 3. The molecule has 0 aromatic carbocycles. The summed E-state index contributed by atoms with van der Waals surface area (Å²) < 4.78 is 5.11. The summed E-state index contributed by atoms with van der Waals surface area (Å²) in [4.78, 5) is 82.2. The maximum Gasteiger partial charge on any atom is 0.317 e. The number of carbonyl (C=O) groups is 7. The van der Waals surface area contributed by atoms with E-state index in [1.54, 1.807) is 34.6 Å². The van der Waals surface area contributed by atoms with Gasteiger partial charge in [-0.1, -0.05) is 27.7 Å². The van der Waals surface area contributed by atoms with Gasteiger partial charge in [0, 0.05) is 37.2 Å². The molecule has 4 N–H and O–H groups in total. The Morgan fingerprint density at radius 2 is 1.33 bits per heavy atom. The number of amides is 3. The number of imide groups is 3. The van der Waals surface area contributed by atoms with Crippen molar-refractivity contribution < 1.29 is 58.7 Å². The minimum absolute atomic E-state index is 0.0544. The molecule has 1 aliphatic rings. The van der Waals surface area contributed by atoms with E-state index in [2.05, 4.69) is 0 Å². The second-order valence-electron chi connectivity index (χ2n) is 11.1. The fraction of sp³-hybridized carbons (Fsp3) is 0.741. The molecule has 15 heteroatoms. The molecule has 0 aromatic heterocycles. The molecule has 42 heavy (non-hydrogen) atoms. The highest BCUT2D eigenvalue weighted by atomic mass is 32.2. The first kappa shape index (κ1) is 39.0. The third kappa shape index (κ3) is 13.7.